The van der Waals surface area contributed by atoms with Gasteiger partial charge < -0.3 is 19.7 Å². The highest BCUT2D eigenvalue weighted by molar-refractivity contribution is 5.96. The van der Waals surface area contributed by atoms with E-state index in [4.69, 9.17) is 0 Å². The second-order valence-electron chi connectivity index (χ2n) is 6.13. The number of H-pyrrole nitrogens is 1. The third-order valence-corrected chi connectivity index (χ3v) is 4.31. The van der Waals surface area contributed by atoms with Gasteiger partial charge in [-0.15, -0.1) is 0 Å². The van der Waals surface area contributed by atoms with Crippen LogP contribution in [0.25, 0.3) is 0 Å². The van der Waals surface area contributed by atoms with Gasteiger partial charge in [0.25, 0.3) is 11.8 Å². The van der Waals surface area contributed by atoms with Crippen LogP contribution in [-0.4, -0.2) is 66.9 Å². The standard InChI is InChI=1S/C18H22N4O2/c1-20(2)16-5-3-4-14(12-16)17(23)21-8-10-22(11-9-21)18(24)15-6-7-19-13-15/h3-7,12-13,19H,8-11H2,1-2H3. The van der Waals surface area contributed by atoms with Crippen LogP contribution in [-0.2, 0) is 0 Å². The van der Waals surface area contributed by atoms with Crippen molar-refractivity contribution in [3.8, 4) is 0 Å². The number of anilines is 1. The van der Waals surface area contributed by atoms with E-state index in [1.807, 2.05) is 48.2 Å². The highest BCUT2D eigenvalue weighted by Crippen LogP contribution is 2.16. The van der Waals surface area contributed by atoms with Crippen molar-refractivity contribution in [3.05, 3.63) is 53.9 Å². The summed E-state index contributed by atoms with van der Waals surface area (Å²) in [4.78, 5) is 33.5. The van der Waals surface area contributed by atoms with Crippen molar-refractivity contribution in [1.82, 2.24) is 14.8 Å². The first kappa shape index (κ1) is 16.1. The second-order valence-corrected chi connectivity index (χ2v) is 6.13. The average Bonchev–Trinajstić information content (AvgIpc) is 3.15. The Labute approximate surface area is 141 Å². The molecule has 24 heavy (non-hydrogen) atoms. The molecule has 2 aromatic rings. The Morgan fingerprint density at radius 2 is 1.58 bits per heavy atom. The molecule has 1 fully saturated rings. The summed E-state index contributed by atoms with van der Waals surface area (Å²) < 4.78 is 0. The lowest BCUT2D eigenvalue weighted by Gasteiger charge is -2.34. The van der Waals surface area contributed by atoms with Crippen molar-refractivity contribution >= 4 is 17.5 Å². The number of nitrogens with zero attached hydrogens (tertiary/aromatic N) is 3. The summed E-state index contributed by atoms with van der Waals surface area (Å²) in [5.74, 6) is 0.0328. The molecule has 0 spiro atoms. The Morgan fingerprint density at radius 1 is 0.958 bits per heavy atom. The maximum Gasteiger partial charge on any atom is 0.255 e. The van der Waals surface area contributed by atoms with E-state index >= 15 is 0 Å². The van der Waals surface area contributed by atoms with Gasteiger partial charge in [0, 0.05) is 63.9 Å². The summed E-state index contributed by atoms with van der Waals surface area (Å²) in [6.45, 7) is 2.23. The number of carbonyl (C=O) groups excluding carboxylic acids is 2. The van der Waals surface area contributed by atoms with Crippen LogP contribution in [0, 0.1) is 0 Å². The van der Waals surface area contributed by atoms with Crippen LogP contribution >= 0.6 is 0 Å². The summed E-state index contributed by atoms with van der Waals surface area (Å²) >= 11 is 0. The van der Waals surface area contributed by atoms with Crippen molar-refractivity contribution in [2.75, 3.05) is 45.2 Å². The van der Waals surface area contributed by atoms with Gasteiger partial charge in [-0.25, -0.2) is 0 Å². The van der Waals surface area contributed by atoms with E-state index in [2.05, 4.69) is 4.98 Å². The molecule has 1 aromatic heterocycles. The molecule has 2 amide bonds. The van der Waals surface area contributed by atoms with Crippen molar-refractivity contribution in [3.63, 3.8) is 0 Å². The SMILES string of the molecule is CN(C)c1cccc(C(=O)N2CCN(C(=O)c3cc[nH]c3)CC2)c1. The van der Waals surface area contributed by atoms with Crippen LogP contribution in [0.15, 0.2) is 42.7 Å². The van der Waals surface area contributed by atoms with Crippen LogP contribution in [0.5, 0.6) is 0 Å². The van der Waals surface area contributed by atoms with E-state index in [1.54, 1.807) is 23.4 Å². The molecule has 0 aliphatic carbocycles. The van der Waals surface area contributed by atoms with E-state index in [-0.39, 0.29) is 11.8 Å². The first-order valence-electron chi connectivity index (χ1n) is 8.05. The maximum absolute atomic E-state index is 12.7. The van der Waals surface area contributed by atoms with E-state index in [9.17, 15) is 9.59 Å². The van der Waals surface area contributed by atoms with E-state index in [0.717, 1.165) is 5.69 Å². The van der Waals surface area contributed by atoms with Gasteiger partial charge in [0.1, 0.15) is 0 Å². The van der Waals surface area contributed by atoms with Crippen molar-refractivity contribution in [2.24, 2.45) is 0 Å². The number of aromatic amines is 1. The van der Waals surface area contributed by atoms with Gasteiger partial charge >= 0.3 is 0 Å². The highest BCUT2D eigenvalue weighted by Gasteiger charge is 2.25. The second kappa shape index (κ2) is 6.78. The Balaban J connectivity index is 1.63. The zero-order valence-electron chi connectivity index (χ0n) is 14.0. The summed E-state index contributed by atoms with van der Waals surface area (Å²) in [5, 5.41) is 0. The Kier molecular flexibility index (Phi) is 4.55. The normalized spacial score (nSPS) is 14.6. The molecular formula is C18H22N4O2. The van der Waals surface area contributed by atoms with Gasteiger partial charge in [-0.1, -0.05) is 6.07 Å². The molecule has 0 radical (unpaired) electrons. The molecular weight excluding hydrogens is 304 g/mol. The van der Waals surface area contributed by atoms with Crippen LogP contribution in [0.1, 0.15) is 20.7 Å². The Morgan fingerprint density at radius 3 is 2.12 bits per heavy atom. The number of benzene rings is 1. The zero-order valence-corrected chi connectivity index (χ0v) is 14.0. The van der Waals surface area contributed by atoms with Gasteiger partial charge in [-0.2, -0.15) is 0 Å². The topological polar surface area (TPSA) is 59.7 Å². The molecule has 6 nitrogen and oxygen atoms in total. The Bertz CT molecular complexity index is 716. The summed E-state index contributed by atoms with van der Waals surface area (Å²) in [6, 6.07) is 9.39. The van der Waals surface area contributed by atoms with E-state index in [0.29, 0.717) is 37.3 Å². The molecule has 0 unspecified atom stereocenters. The molecule has 1 saturated heterocycles. The fourth-order valence-electron chi connectivity index (χ4n) is 2.85. The third-order valence-electron chi connectivity index (χ3n) is 4.31. The quantitative estimate of drug-likeness (QED) is 0.933. The number of amides is 2. The predicted octanol–water partition coefficient (Wildman–Crippen LogP) is 1.68. The van der Waals surface area contributed by atoms with Crippen LogP contribution in [0.3, 0.4) is 0 Å². The van der Waals surface area contributed by atoms with Crippen molar-refractivity contribution in [2.45, 2.75) is 0 Å². The molecule has 2 heterocycles. The van der Waals surface area contributed by atoms with Gasteiger partial charge in [0.05, 0.1) is 5.56 Å². The molecule has 1 N–H and O–H groups in total. The number of hydrogen-bond donors (Lipinski definition) is 1. The lowest BCUT2D eigenvalue weighted by Crippen LogP contribution is -2.50. The van der Waals surface area contributed by atoms with E-state index < -0.39 is 0 Å². The molecule has 0 bridgehead atoms. The predicted molar refractivity (Wildman–Crippen MR) is 93.4 cm³/mol. The number of carbonyl (C=O) groups is 2. The van der Waals surface area contributed by atoms with Crippen LogP contribution < -0.4 is 4.90 Å². The molecule has 6 heteroatoms. The average molecular weight is 326 g/mol. The molecule has 126 valence electrons. The first-order valence-corrected chi connectivity index (χ1v) is 8.05. The minimum atomic E-state index is 0.0120. The summed E-state index contributed by atoms with van der Waals surface area (Å²) in [5.41, 5.74) is 2.35. The third kappa shape index (κ3) is 3.27. The van der Waals surface area contributed by atoms with Crippen LogP contribution in [0.4, 0.5) is 5.69 Å². The molecule has 3 rings (SSSR count). The van der Waals surface area contributed by atoms with Gasteiger partial charge in [-0.3, -0.25) is 9.59 Å². The minimum absolute atomic E-state index is 0.0120. The Hall–Kier alpha value is -2.76. The van der Waals surface area contributed by atoms with Gasteiger partial charge in [0.15, 0.2) is 0 Å². The smallest absolute Gasteiger partial charge is 0.255 e. The molecule has 1 aliphatic rings. The number of piperazine rings is 1. The van der Waals surface area contributed by atoms with Gasteiger partial charge in [0.2, 0.25) is 0 Å². The molecule has 0 atom stereocenters. The number of aromatic nitrogens is 1. The van der Waals surface area contributed by atoms with E-state index in [1.165, 1.54) is 0 Å². The summed E-state index contributed by atoms with van der Waals surface area (Å²) in [6.07, 6.45) is 3.44. The lowest BCUT2D eigenvalue weighted by atomic mass is 10.1. The molecule has 1 aliphatic heterocycles. The van der Waals surface area contributed by atoms with Crippen LogP contribution in [0.2, 0.25) is 0 Å². The fraction of sp³-hybridized carbons (Fsp3) is 0.333. The monoisotopic (exact) mass is 326 g/mol. The molecule has 1 aromatic carbocycles. The lowest BCUT2D eigenvalue weighted by molar-refractivity contribution is 0.0535. The summed E-state index contributed by atoms with van der Waals surface area (Å²) in [7, 11) is 3.91. The van der Waals surface area contributed by atoms with Crippen molar-refractivity contribution in [1.29, 1.82) is 0 Å². The fourth-order valence-corrected chi connectivity index (χ4v) is 2.85. The maximum atomic E-state index is 12.7. The van der Waals surface area contributed by atoms with Crippen molar-refractivity contribution < 1.29 is 9.59 Å². The number of nitrogens with one attached hydrogen (secondary N) is 1. The zero-order chi connectivity index (χ0) is 17.1. The molecule has 0 saturated carbocycles. The largest absolute Gasteiger partial charge is 0.378 e. The highest BCUT2D eigenvalue weighted by atomic mass is 16.2. The number of hydrogen-bond acceptors (Lipinski definition) is 3. The number of rotatable bonds is 3. The first-order chi connectivity index (χ1) is 11.6. The van der Waals surface area contributed by atoms with Gasteiger partial charge in [-0.05, 0) is 24.3 Å². The minimum Gasteiger partial charge on any atom is -0.378 e.